The van der Waals surface area contributed by atoms with Crippen LogP contribution in [-0.4, -0.2) is 34.8 Å². The number of aliphatic carboxylic acids is 1. The molecule has 1 aromatic rings. The van der Waals surface area contributed by atoms with Gasteiger partial charge in [0.25, 0.3) is 0 Å². The molecular formula is C12H8Cl2F3NO4. The molecule has 0 bridgehead atoms. The van der Waals surface area contributed by atoms with E-state index in [0.29, 0.717) is 16.3 Å². The molecule has 0 aliphatic carbocycles. The van der Waals surface area contributed by atoms with Crippen LogP contribution in [0.25, 0.3) is 0 Å². The molecule has 0 fully saturated rings. The van der Waals surface area contributed by atoms with Gasteiger partial charge in [-0.1, -0.05) is 11.6 Å². The summed E-state index contributed by atoms with van der Waals surface area (Å²) in [5.41, 5.74) is 1.84. The highest BCUT2D eigenvalue weighted by molar-refractivity contribution is 6.37. The Labute approximate surface area is 132 Å². The smallest absolute Gasteiger partial charge is 0.475 e. The number of halogens is 5. The maximum atomic E-state index is 11.4. The van der Waals surface area contributed by atoms with Crippen LogP contribution in [0, 0.1) is 0 Å². The Morgan fingerprint density at radius 3 is 2.32 bits per heavy atom. The fourth-order valence-corrected chi connectivity index (χ4v) is 1.95. The molecule has 0 saturated heterocycles. The number of hydrogen-bond donors (Lipinski definition) is 2. The number of alkyl halides is 4. The molecule has 0 radical (unpaired) electrons. The fraction of sp³-hybridized carbons (Fsp3) is 0.250. The fourth-order valence-electron chi connectivity index (χ4n) is 1.53. The van der Waals surface area contributed by atoms with Gasteiger partial charge in [-0.15, -0.1) is 11.6 Å². The molecule has 0 aromatic heterocycles. The topological polar surface area (TPSA) is 83.5 Å². The van der Waals surface area contributed by atoms with E-state index in [4.69, 9.17) is 33.1 Å². The molecule has 1 aliphatic rings. The number of nitrogens with one attached hydrogen (secondary N) is 1. The van der Waals surface area contributed by atoms with Crippen LogP contribution in [0.15, 0.2) is 12.1 Å². The van der Waals surface area contributed by atoms with Crippen molar-refractivity contribution in [3.63, 3.8) is 0 Å². The Hall–Kier alpha value is -1.80. The summed E-state index contributed by atoms with van der Waals surface area (Å²) in [6, 6.07) is 3.21. The number of benzene rings is 1. The normalized spacial score (nSPS) is 12.9. The minimum Gasteiger partial charge on any atom is -0.475 e. The molecule has 0 atom stereocenters. The molecule has 10 heteroatoms. The molecule has 2 N–H and O–H groups in total. The van der Waals surface area contributed by atoms with E-state index in [1.54, 1.807) is 12.1 Å². The summed E-state index contributed by atoms with van der Waals surface area (Å²) < 4.78 is 31.7. The number of Topliss-reactive ketones (excluding diaryl/α,β-unsaturated/α-hetero) is 1. The van der Waals surface area contributed by atoms with E-state index >= 15 is 0 Å². The van der Waals surface area contributed by atoms with Gasteiger partial charge in [-0.3, -0.25) is 9.59 Å². The number of carbonyl (C=O) groups excluding carboxylic acids is 2. The van der Waals surface area contributed by atoms with Crippen molar-refractivity contribution in [2.75, 3.05) is 11.2 Å². The van der Waals surface area contributed by atoms with Crippen LogP contribution in [-0.2, 0) is 16.0 Å². The van der Waals surface area contributed by atoms with E-state index in [2.05, 4.69) is 5.32 Å². The lowest BCUT2D eigenvalue weighted by Gasteiger charge is -2.04. The van der Waals surface area contributed by atoms with Crippen LogP contribution in [0.1, 0.15) is 15.9 Å². The van der Waals surface area contributed by atoms with E-state index in [0.717, 1.165) is 5.56 Å². The van der Waals surface area contributed by atoms with Gasteiger partial charge in [0.05, 0.1) is 17.3 Å². The van der Waals surface area contributed by atoms with E-state index < -0.39 is 12.1 Å². The predicted molar refractivity (Wildman–Crippen MR) is 72.5 cm³/mol. The van der Waals surface area contributed by atoms with Crippen molar-refractivity contribution in [2.24, 2.45) is 0 Å². The van der Waals surface area contributed by atoms with Crippen LogP contribution in [0.5, 0.6) is 0 Å². The Bertz CT molecular complexity index is 632. The van der Waals surface area contributed by atoms with Gasteiger partial charge in [0.1, 0.15) is 0 Å². The third kappa shape index (κ3) is 4.60. The maximum Gasteiger partial charge on any atom is 0.490 e. The first-order valence-electron chi connectivity index (χ1n) is 5.57. The predicted octanol–water partition coefficient (Wildman–Crippen LogP) is 2.89. The number of carboxylic acids is 1. The number of carbonyl (C=O) groups is 3. The van der Waals surface area contributed by atoms with Gasteiger partial charge in [-0.05, 0) is 17.7 Å². The van der Waals surface area contributed by atoms with Gasteiger partial charge in [0, 0.05) is 11.3 Å². The molecule has 0 spiro atoms. The SMILES string of the molecule is O=C(O)C(F)(F)F.O=C1Cc2cc(C(=O)CCl)c(Cl)cc2N1. The van der Waals surface area contributed by atoms with Crippen molar-refractivity contribution in [2.45, 2.75) is 12.6 Å². The minimum absolute atomic E-state index is 0.0865. The quantitative estimate of drug-likeness (QED) is 0.629. The summed E-state index contributed by atoms with van der Waals surface area (Å²) in [7, 11) is 0. The first kappa shape index (κ1) is 18.2. The highest BCUT2D eigenvalue weighted by Gasteiger charge is 2.38. The minimum atomic E-state index is -5.08. The first-order chi connectivity index (χ1) is 10.1. The summed E-state index contributed by atoms with van der Waals surface area (Å²) in [6.45, 7) is 0. The average molecular weight is 358 g/mol. The van der Waals surface area contributed by atoms with Crippen LogP contribution in [0.2, 0.25) is 5.02 Å². The Morgan fingerprint density at radius 2 is 1.86 bits per heavy atom. The number of carboxylic acid groups (broad SMARTS) is 1. The van der Waals surface area contributed by atoms with Crippen molar-refractivity contribution in [1.82, 2.24) is 0 Å². The van der Waals surface area contributed by atoms with Gasteiger partial charge in [0.2, 0.25) is 5.91 Å². The summed E-state index contributed by atoms with van der Waals surface area (Å²) in [5.74, 6) is -3.19. The summed E-state index contributed by atoms with van der Waals surface area (Å²) >= 11 is 11.3. The molecule has 0 unspecified atom stereocenters. The van der Waals surface area contributed by atoms with Crippen molar-refractivity contribution >= 4 is 46.5 Å². The first-order valence-corrected chi connectivity index (χ1v) is 6.49. The maximum absolute atomic E-state index is 11.4. The Balaban J connectivity index is 0.000000295. The number of anilines is 1. The van der Waals surface area contributed by atoms with Crippen molar-refractivity contribution < 1.29 is 32.7 Å². The summed E-state index contributed by atoms with van der Waals surface area (Å²) in [5, 5.41) is 10.1. The number of amides is 1. The van der Waals surface area contributed by atoms with E-state index in [-0.39, 0.29) is 24.0 Å². The van der Waals surface area contributed by atoms with Gasteiger partial charge in [0.15, 0.2) is 5.78 Å². The Morgan fingerprint density at radius 1 is 1.32 bits per heavy atom. The number of fused-ring (bicyclic) bond motifs is 1. The molecule has 1 aromatic carbocycles. The molecule has 1 aliphatic heterocycles. The number of rotatable bonds is 2. The van der Waals surface area contributed by atoms with Gasteiger partial charge >= 0.3 is 12.1 Å². The summed E-state index contributed by atoms with van der Waals surface area (Å²) in [4.78, 5) is 31.4. The second-order valence-electron chi connectivity index (χ2n) is 4.07. The molecule has 22 heavy (non-hydrogen) atoms. The van der Waals surface area contributed by atoms with E-state index in [1.807, 2.05) is 0 Å². The zero-order valence-electron chi connectivity index (χ0n) is 10.6. The lowest BCUT2D eigenvalue weighted by molar-refractivity contribution is -0.192. The van der Waals surface area contributed by atoms with Gasteiger partial charge in [-0.25, -0.2) is 4.79 Å². The lowest BCUT2D eigenvalue weighted by atomic mass is 10.1. The second kappa shape index (κ2) is 6.97. The Kier molecular flexibility index (Phi) is 5.78. The molecule has 0 saturated carbocycles. The zero-order chi connectivity index (χ0) is 17.1. The molecule has 2 rings (SSSR count). The zero-order valence-corrected chi connectivity index (χ0v) is 12.1. The third-order valence-corrected chi connectivity index (χ3v) is 3.04. The highest BCUT2D eigenvalue weighted by Crippen LogP contribution is 2.30. The monoisotopic (exact) mass is 357 g/mol. The van der Waals surface area contributed by atoms with Crippen LogP contribution in [0.4, 0.5) is 18.9 Å². The molecule has 1 heterocycles. The highest BCUT2D eigenvalue weighted by atomic mass is 35.5. The second-order valence-corrected chi connectivity index (χ2v) is 4.75. The van der Waals surface area contributed by atoms with Gasteiger partial charge < -0.3 is 10.4 Å². The molecule has 1 amide bonds. The standard InChI is InChI=1S/C10H7Cl2NO2.C2HF3O2/c11-4-9(14)6-1-5-2-10(15)13-8(5)3-7(6)12;3-2(4,5)1(6)7/h1,3H,2,4H2,(H,13,15);(H,6,7). The molecular weight excluding hydrogens is 350 g/mol. The lowest BCUT2D eigenvalue weighted by Crippen LogP contribution is -2.21. The van der Waals surface area contributed by atoms with Crippen LogP contribution >= 0.6 is 23.2 Å². The van der Waals surface area contributed by atoms with Crippen molar-refractivity contribution in [3.8, 4) is 0 Å². The largest absolute Gasteiger partial charge is 0.490 e. The third-order valence-electron chi connectivity index (χ3n) is 2.48. The molecule has 5 nitrogen and oxygen atoms in total. The summed E-state index contributed by atoms with van der Waals surface area (Å²) in [6.07, 6.45) is -4.80. The van der Waals surface area contributed by atoms with Gasteiger partial charge in [-0.2, -0.15) is 13.2 Å². The van der Waals surface area contributed by atoms with Crippen LogP contribution in [0.3, 0.4) is 0 Å². The van der Waals surface area contributed by atoms with Crippen molar-refractivity contribution in [1.29, 1.82) is 0 Å². The number of hydrogen-bond acceptors (Lipinski definition) is 3. The van der Waals surface area contributed by atoms with Crippen LogP contribution < -0.4 is 5.32 Å². The van der Waals surface area contributed by atoms with Crippen molar-refractivity contribution in [3.05, 3.63) is 28.3 Å². The average Bonchev–Trinajstić information content (AvgIpc) is 2.75. The van der Waals surface area contributed by atoms with E-state index in [1.165, 1.54) is 0 Å². The number of ketones is 1. The molecule has 120 valence electrons. The van der Waals surface area contributed by atoms with E-state index in [9.17, 15) is 22.8 Å².